The van der Waals surface area contributed by atoms with Crippen LogP contribution in [0.25, 0.3) is 10.8 Å². The number of nitrogens with zero attached hydrogens (tertiary/aromatic N) is 1. The average Bonchev–Trinajstić information content (AvgIpc) is 2.47. The number of nitrogens with one attached hydrogen (secondary N) is 2. The van der Waals surface area contributed by atoms with E-state index in [2.05, 4.69) is 15.2 Å². The molecular formula is C16H18N4O3. The maximum absolute atomic E-state index is 12.2. The Morgan fingerprint density at radius 1 is 1.39 bits per heavy atom. The number of hydrogen-bond acceptors (Lipinski definition) is 4. The Morgan fingerprint density at radius 2 is 2.17 bits per heavy atom. The molecule has 120 valence electrons. The van der Waals surface area contributed by atoms with Crippen LogP contribution in [0.15, 0.2) is 29.2 Å². The number of H-pyrrole nitrogens is 1. The first-order valence-electron chi connectivity index (χ1n) is 7.51. The van der Waals surface area contributed by atoms with Gasteiger partial charge in [0.2, 0.25) is 5.91 Å². The van der Waals surface area contributed by atoms with Gasteiger partial charge in [-0.25, -0.2) is 0 Å². The second kappa shape index (κ2) is 5.85. The van der Waals surface area contributed by atoms with E-state index in [-0.39, 0.29) is 23.1 Å². The van der Waals surface area contributed by atoms with E-state index in [1.165, 1.54) is 6.20 Å². The molecule has 0 spiro atoms. The highest BCUT2D eigenvalue weighted by Gasteiger charge is 2.32. The van der Waals surface area contributed by atoms with E-state index < -0.39 is 5.91 Å². The smallest absolute Gasteiger partial charge is 0.255 e. The van der Waals surface area contributed by atoms with E-state index in [1.54, 1.807) is 18.2 Å². The number of anilines is 1. The molecule has 2 amide bonds. The fourth-order valence-corrected chi connectivity index (χ4v) is 2.88. The summed E-state index contributed by atoms with van der Waals surface area (Å²) in [6, 6.07) is 4.73. The SMILES string of the molecule is CCN1CCC1C(=O)Nc1ccc2c(C(N)=O)c[nH]c(=O)c2c1. The first-order chi connectivity index (χ1) is 11.0. The van der Waals surface area contributed by atoms with Crippen LogP contribution in [0.2, 0.25) is 0 Å². The molecule has 7 heteroatoms. The van der Waals surface area contributed by atoms with Crippen molar-refractivity contribution in [1.82, 2.24) is 9.88 Å². The Kier molecular flexibility index (Phi) is 3.87. The van der Waals surface area contributed by atoms with Crippen LogP contribution in [0.3, 0.4) is 0 Å². The van der Waals surface area contributed by atoms with Gasteiger partial charge < -0.3 is 16.0 Å². The zero-order valence-corrected chi connectivity index (χ0v) is 12.8. The zero-order valence-electron chi connectivity index (χ0n) is 12.8. The molecule has 1 fully saturated rings. The monoisotopic (exact) mass is 314 g/mol. The molecule has 1 aromatic carbocycles. The number of primary amides is 1. The Bertz CT molecular complexity index is 841. The Morgan fingerprint density at radius 3 is 2.78 bits per heavy atom. The van der Waals surface area contributed by atoms with Crippen molar-refractivity contribution in [1.29, 1.82) is 0 Å². The lowest BCUT2D eigenvalue weighted by Crippen LogP contribution is -2.53. The maximum Gasteiger partial charge on any atom is 0.255 e. The third-order valence-corrected chi connectivity index (χ3v) is 4.27. The lowest BCUT2D eigenvalue weighted by Gasteiger charge is -2.38. The van der Waals surface area contributed by atoms with Crippen molar-refractivity contribution in [2.45, 2.75) is 19.4 Å². The van der Waals surface area contributed by atoms with Gasteiger partial charge in [0.1, 0.15) is 0 Å². The molecule has 0 aliphatic carbocycles. The second-order valence-corrected chi connectivity index (χ2v) is 5.58. The number of likely N-dealkylation sites (N-methyl/N-ethyl adjacent to an activating group) is 1. The van der Waals surface area contributed by atoms with Gasteiger partial charge in [0.15, 0.2) is 0 Å². The molecule has 0 bridgehead atoms. The van der Waals surface area contributed by atoms with E-state index in [9.17, 15) is 14.4 Å². The largest absolute Gasteiger partial charge is 0.366 e. The zero-order chi connectivity index (χ0) is 16.6. The van der Waals surface area contributed by atoms with Crippen molar-refractivity contribution < 1.29 is 9.59 Å². The molecule has 1 aliphatic heterocycles. The molecule has 1 atom stereocenters. The maximum atomic E-state index is 12.2. The van der Waals surface area contributed by atoms with Crippen LogP contribution in [-0.4, -0.2) is 40.8 Å². The number of likely N-dealkylation sites (tertiary alicyclic amines) is 1. The van der Waals surface area contributed by atoms with Gasteiger partial charge in [-0.1, -0.05) is 13.0 Å². The highest BCUT2D eigenvalue weighted by molar-refractivity contribution is 6.07. The number of hydrogen-bond donors (Lipinski definition) is 3. The van der Waals surface area contributed by atoms with Crippen molar-refractivity contribution in [2.24, 2.45) is 5.73 Å². The number of pyridine rings is 1. The van der Waals surface area contributed by atoms with Crippen molar-refractivity contribution >= 4 is 28.3 Å². The minimum atomic E-state index is -0.615. The molecule has 1 unspecified atom stereocenters. The Balaban J connectivity index is 1.91. The molecule has 1 aromatic heterocycles. The van der Waals surface area contributed by atoms with E-state index in [0.29, 0.717) is 16.5 Å². The van der Waals surface area contributed by atoms with Gasteiger partial charge in [0, 0.05) is 29.2 Å². The highest BCUT2D eigenvalue weighted by Crippen LogP contribution is 2.22. The first kappa shape index (κ1) is 15.2. The molecule has 23 heavy (non-hydrogen) atoms. The summed E-state index contributed by atoms with van der Waals surface area (Å²) >= 11 is 0. The number of nitrogens with two attached hydrogens (primary N) is 1. The summed E-state index contributed by atoms with van der Waals surface area (Å²) in [5.41, 5.74) is 5.74. The van der Waals surface area contributed by atoms with Crippen molar-refractivity contribution in [3.8, 4) is 0 Å². The van der Waals surface area contributed by atoms with Gasteiger partial charge in [0.25, 0.3) is 11.5 Å². The van der Waals surface area contributed by atoms with Gasteiger partial charge in [-0.05, 0) is 25.1 Å². The lowest BCUT2D eigenvalue weighted by molar-refractivity contribution is -0.125. The van der Waals surface area contributed by atoms with Gasteiger partial charge in [0.05, 0.1) is 11.6 Å². The number of carbonyl (C=O) groups excluding carboxylic acids is 2. The van der Waals surface area contributed by atoms with Crippen LogP contribution >= 0.6 is 0 Å². The van der Waals surface area contributed by atoms with Crippen molar-refractivity contribution in [2.75, 3.05) is 18.4 Å². The van der Waals surface area contributed by atoms with Crippen LogP contribution in [-0.2, 0) is 4.79 Å². The number of amides is 2. The predicted molar refractivity (Wildman–Crippen MR) is 87.4 cm³/mol. The van der Waals surface area contributed by atoms with Crippen LogP contribution < -0.4 is 16.6 Å². The van der Waals surface area contributed by atoms with Crippen molar-refractivity contribution in [3.63, 3.8) is 0 Å². The number of aromatic nitrogens is 1. The van der Waals surface area contributed by atoms with E-state index in [1.807, 2.05) is 6.92 Å². The third-order valence-electron chi connectivity index (χ3n) is 4.27. The summed E-state index contributed by atoms with van der Waals surface area (Å²) in [5, 5.41) is 3.62. The molecule has 4 N–H and O–H groups in total. The molecule has 1 aliphatic rings. The van der Waals surface area contributed by atoms with E-state index in [4.69, 9.17) is 5.73 Å². The van der Waals surface area contributed by atoms with Gasteiger partial charge >= 0.3 is 0 Å². The minimum Gasteiger partial charge on any atom is -0.366 e. The minimum absolute atomic E-state index is 0.0834. The highest BCUT2D eigenvalue weighted by atomic mass is 16.2. The number of fused-ring (bicyclic) bond motifs is 1. The van der Waals surface area contributed by atoms with Gasteiger partial charge in [-0.2, -0.15) is 0 Å². The van der Waals surface area contributed by atoms with Crippen LogP contribution in [0, 0.1) is 0 Å². The van der Waals surface area contributed by atoms with Crippen molar-refractivity contribution in [3.05, 3.63) is 40.3 Å². The molecule has 0 saturated carbocycles. The van der Waals surface area contributed by atoms with Gasteiger partial charge in [-0.15, -0.1) is 0 Å². The number of rotatable bonds is 4. The fourth-order valence-electron chi connectivity index (χ4n) is 2.88. The summed E-state index contributed by atoms with van der Waals surface area (Å²) in [5.74, 6) is -0.698. The molecule has 7 nitrogen and oxygen atoms in total. The van der Waals surface area contributed by atoms with Crippen LogP contribution in [0.4, 0.5) is 5.69 Å². The van der Waals surface area contributed by atoms with E-state index >= 15 is 0 Å². The lowest BCUT2D eigenvalue weighted by atomic mass is 10.0. The molecule has 0 radical (unpaired) electrons. The quantitative estimate of drug-likeness (QED) is 0.770. The average molecular weight is 314 g/mol. The summed E-state index contributed by atoms with van der Waals surface area (Å²) in [6.07, 6.45) is 2.14. The molecular weight excluding hydrogens is 296 g/mol. The van der Waals surface area contributed by atoms with Crippen LogP contribution in [0.1, 0.15) is 23.7 Å². The first-order valence-corrected chi connectivity index (χ1v) is 7.51. The second-order valence-electron chi connectivity index (χ2n) is 5.58. The molecule has 2 heterocycles. The van der Waals surface area contributed by atoms with E-state index in [0.717, 1.165) is 19.5 Å². The number of aromatic amines is 1. The molecule has 1 saturated heterocycles. The summed E-state index contributed by atoms with van der Waals surface area (Å²) in [6.45, 7) is 3.77. The fraction of sp³-hybridized carbons (Fsp3) is 0.312. The summed E-state index contributed by atoms with van der Waals surface area (Å²) in [7, 11) is 0. The molecule has 3 rings (SSSR count). The number of carbonyl (C=O) groups is 2. The van der Waals surface area contributed by atoms with Crippen LogP contribution in [0.5, 0.6) is 0 Å². The summed E-state index contributed by atoms with van der Waals surface area (Å²) in [4.78, 5) is 40.2. The summed E-state index contributed by atoms with van der Waals surface area (Å²) < 4.78 is 0. The predicted octanol–water partition coefficient (Wildman–Crippen LogP) is 0.660. The Labute approximate surface area is 132 Å². The molecule has 2 aromatic rings. The topological polar surface area (TPSA) is 108 Å². The standard InChI is InChI=1S/C16H18N4O3/c1-2-20-6-5-13(20)16(23)19-9-3-4-10-11(7-9)15(22)18-8-12(10)14(17)21/h3-4,7-8,13H,2,5-6H2,1H3,(H2,17,21)(H,18,22)(H,19,23). The Hall–Kier alpha value is -2.67. The number of benzene rings is 1. The third kappa shape index (κ3) is 2.70. The van der Waals surface area contributed by atoms with Gasteiger partial charge in [-0.3, -0.25) is 19.3 Å². The normalized spacial score (nSPS) is 17.7.